The van der Waals surface area contributed by atoms with E-state index < -0.39 is 0 Å². The molecule has 1 aliphatic rings. The minimum atomic E-state index is -0.294. The van der Waals surface area contributed by atoms with E-state index >= 15 is 0 Å². The quantitative estimate of drug-likeness (QED) is 0.453. The zero-order valence-electron chi connectivity index (χ0n) is 17.0. The van der Waals surface area contributed by atoms with Crippen molar-refractivity contribution in [3.63, 3.8) is 0 Å². The summed E-state index contributed by atoms with van der Waals surface area (Å²) in [4.78, 5) is 17.3. The summed E-state index contributed by atoms with van der Waals surface area (Å²) in [6.45, 7) is 0.267. The number of nitrogens with one attached hydrogen (secondary N) is 1. The first-order valence-corrected chi connectivity index (χ1v) is 10.8. The molecule has 1 amide bonds. The number of halogens is 2. The number of hydrogen-bond acceptors (Lipinski definition) is 5. The fourth-order valence-corrected chi connectivity index (χ4v) is 3.95. The molecule has 0 aliphatic carbocycles. The van der Waals surface area contributed by atoms with Crippen LogP contribution in [-0.4, -0.2) is 18.2 Å². The summed E-state index contributed by atoms with van der Waals surface area (Å²) in [5, 5.41) is 3.71. The molecule has 0 unspecified atom stereocenters. The van der Waals surface area contributed by atoms with Crippen LogP contribution >= 0.6 is 23.4 Å². The van der Waals surface area contributed by atoms with Gasteiger partial charge in [0.1, 0.15) is 29.6 Å². The molecule has 0 aromatic heterocycles. The topological polar surface area (TPSA) is 59.9 Å². The Morgan fingerprint density at radius 2 is 1.94 bits per heavy atom. The molecule has 32 heavy (non-hydrogen) atoms. The van der Waals surface area contributed by atoms with Crippen LogP contribution in [0.4, 0.5) is 10.1 Å². The van der Waals surface area contributed by atoms with E-state index in [9.17, 15) is 9.18 Å². The molecule has 0 spiro atoms. The SMILES string of the molecule is COc1ccc(Cl)cc1N=C1NC(=O)/C(=C/c2ccc(OCc3cccc(F)c3)cc2)S1. The summed E-state index contributed by atoms with van der Waals surface area (Å²) in [7, 11) is 1.55. The molecule has 1 heterocycles. The molecule has 0 radical (unpaired) electrons. The number of amides is 1. The van der Waals surface area contributed by atoms with Gasteiger partial charge in [0.2, 0.25) is 0 Å². The second-order valence-corrected chi connectivity index (χ2v) is 8.25. The molecule has 0 atom stereocenters. The van der Waals surface area contributed by atoms with E-state index in [1.54, 1.807) is 55.7 Å². The van der Waals surface area contributed by atoms with Gasteiger partial charge in [-0.15, -0.1) is 0 Å². The lowest BCUT2D eigenvalue weighted by Crippen LogP contribution is -2.19. The molecular formula is C24H18ClFN2O3S. The highest BCUT2D eigenvalue weighted by Gasteiger charge is 2.24. The first-order valence-electron chi connectivity index (χ1n) is 9.60. The lowest BCUT2D eigenvalue weighted by molar-refractivity contribution is -0.115. The smallest absolute Gasteiger partial charge is 0.264 e. The number of ether oxygens (including phenoxy) is 2. The van der Waals surface area contributed by atoms with Gasteiger partial charge in [0.25, 0.3) is 5.91 Å². The number of hydrogen-bond donors (Lipinski definition) is 1. The Kier molecular flexibility index (Phi) is 6.78. The fourth-order valence-electron chi connectivity index (χ4n) is 2.95. The lowest BCUT2D eigenvalue weighted by atomic mass is 10.2. The summed E-state index contributed by atoms with van der Waals surface area (Å²) < 4.78 is 24.2. The molecule has 0 saturated carbocycles. The van der Waals surface area contributed by atoms with Gasteiger partial charge in [-0.25, -0.2) is 9.38 Å². The monoisotopic (exact) mass is 468 g/mol. The van der Waals surface area contributed by atoms with Crippen LogP contribution < -0.4 is 14.8 Å². The normalized spacial score (nSPS) is 15.8. The van der Waals surface area contributed by atoms with Gasteiger partial charge in [-0.05, 0) is 71.4 Å². The van der Waals surface area contributed by atoms with E-state index in [0.717, 1.165) is 11.1 Å². The molecule has 3 aromatic carbocycles. The number of thioether (sulfide) groups is 1. The van der Waals surface area contributed by atoms with Crippen LogP contribution in [0.1, 0.15) is 11.1 Å². The van der Waals surface area contributed by atoms with Crippen LogP contribution in [0.25, 0.3) is 6.08 Å². The van der Waals surface area contributed by atoms with Crippen molar-refractivity contribution in [1.29, 1.82) is 0 Å². The highest BCUT2D eigenvalue weighted by atomic mass is 35.5. The van der Waals surface area contributed by atoms with Gasteiger partial charge in [-0.2, -0.15) is 0 Å². The molecule has 0 bridgehead atoms. The van der Waals surface area contributed by atoms with Crippen molar-refractivity contribution >= 4 is 46.2 Å². The van der Waals surface area contributed by atoms with Crippen LogP contribution in [0.15, 0.2) is 76.6 Å². The number of benzene rings is 3. The highest BCUT2D eigenvalue weighted by Crippen LogP contribution is 2.34. The Hall–Kier alpha value is -3.29. The zero-order chi connectivity index (χ0) is 22.5. The predicted octanol–water partition coefficient (Wildman–Crippen LogP) is 5.96. The molecule has 5 nitrogen and oxygen atoms in total. The fraction of sp³-hybridized carbons (Fsp3) is 0.0833. The summed E-state index contributed by atoms with van der Waals surface area (Å²) in [5.74, 6) is 0.677. The van der Waals surface area contributed by atoms with E-state index in [4.69, 9.17) is 21.1 Å². The molecule has 4 rings (SSSR count). The van der Waals surface area contributed by atoms with Crippen LogP contribution in [0.2, 0.25) is 5.02 Å². The summed E-state index contributed by atoms with van der Waals surface area (Å²) >= 11 is 7.28. The first kappa shape index (κ1) is 21.9. The van der Waals surface area contributed by atoms with Crippen molar-refractivity contribution in [3.05, 3.63) is 93.6 Å². The second kappa shape index (κ2) is 9.89. The molecule has 1 saturated heterocycles. The van der Waals surface area contributed by atoms with E-state index in [-0.39, 0.29) is 18.3 Å². The molecule has 1 N–H and O–H groups in total. The van der Waals surface area contributed by atoms with Gasteiger partial charge < -0.3 is 14.8 Å². The number of carbonyl (C=O) groups excluding carboxylic acids is 1. The second-order valence-electron chi connectivity index (χ2n) is 6.79. The van der Waals surface area contributed by atoms with Gasteiger partial charge in [0, 0.05) is 5.02 Å². The van der Waals surface area contributed by atoms with E-state index in [1.807, 2.05) is 12.1 Å². The van der Waals surface area contributed by atoms with Gasteiger partial charge >= 0.3 is 0 Å². The van der Waals surface area contributed by atoms with E-state index in [1.165, 1.54) is 23.9 Å². The Morgan fingerprint density at radius 1 is 1.12 bits per heavy atom. The third-order valence-electron chi connectivity index (χ3n) is 4.49. The van der Waals surface area contributed by atoms with Gasteiger partial charge in [0.05, 0.1) is 12.0 Å². The maximum Gasteiger partial charge on any atom is 0.264 e. The maximum absolute atomic E-state index is 13.3. The number of methoxy groups -OCH3 is 1. The van der Waals surface area contributed by atoms with Gasteiger partial charge in [-0.3, -0.25) is 4.79 Å². The maximum atomic E-state index is 13.3. The van der Waals surface area contributed by atoms with Gasteiger partial charge in [-0.1, -0.05) is 35.9 Å². The molecule has 3 aromatic rings. The first-order chi connectivity index (χ1) is 15.5. The van der Waals surface area contributed by atoms with Crippen LogP contribution in [0, 0.1) is 5.82 Å². The van der Waals surface area contributed by atoms with Crippen LogP contribution in [-0.2, 0) is 11.4 Å². The lowest BCUT2D eigenvalue weighted by Gasteiger charge is -2.06. The van der Waals surface area contributed by atoms with Gasteiger partial charge in [0.15, 0.2) is 5.17 Å². The predicted molar refractivity (Wildman–Crippen MR) is 126 cm³/mol. The summed E-state index contributed by atoms with van der Waals surface area (Å²) in [5.41, 5.74) is 2.12. The number of carbonyl (C=O) groups is 1. The van der Waals surface area contributed by atoms with Crippen molar-refractivity contribution in [1.82, 2.24) is 5.32 Å². The van der Waals surface area contributed by atoms with Crippen molar-refractivity contribution in [2.24, 2.45) is 4.99 Å². The molecule has 162 valence electrons. The minimum Gasteiger partial charge on any atom is -0.494 e. The Bertz CT molecular complexity index is 1210. The Morgan fingerprint density at radius 3 is 2.69 bits per heavy atom. The molecule has 1 fully saturated rings. The minimum absolute atomic E-state index is 0.235. The molecular weight excluding hydrogens is 451 g/mol. The van der Waals surface area contributed by atoms with E-state index in [0.29, 0.717) is 32.3 Å². The molecule has 8 heteroatoms. The standard InChI is InChI=1S/C24H18ClFN2O3S/c1-30-21-10-7-17(25)13-20(21)27-24-28-23(29)22(32-24)12-15-5-8-19(9-6-15)31-14-16-3-2-4-18(26)11-16/h2-13H,14H2,1H3,(H,27,28,29)/b22-12-. The Balaban J connectivity index is 1.44. The van der Waals surface area contributed by atoms with Crippen molar-refractivity contribution in [2.45, 2.75) is 6.61 Å². The summed E-state index contributed by atoms with van der Waals surface area (Å²) in [6, 6.07) is 18.7. The average molecular weight is 469 g/mol. The number of nitrogens with zero attached hydrogens (tertiary/aromatic N) is 1. The molecule has 1 aliphatic heterocycles. The average Bonchev–Trinajstić information content (AvgIpc) is 3.12. The Labute approximate surface area is 193 Å². The summed E-state index contributed by atoms with van der Waals surface area (Å²) in [6.07, 6.45) is 1.77. The third kappa shape index (κ3) is 5.49. The van der Waals surface area contributed by atoms with Crippen molar-refractivity contribution < 1.29 is 18.7 Å². The van der Waals surface area contributed by atoms with Crippen molar-refractivity contribution in [3.8, 4) is 11.5 Å². The van der Waals surface area contributed by atoms with Crippen molar-refractivity contribution in [2.75, 3.05) is 7.11 Å². The van der Waals surface area contributed by atoms with Crippen LogP contribution in [0.3, 0.4) is 0 Å². The van der Waals surface area contributed by atoms with Crippen LogP contribution in [0.5, 0.6) is 11.5 Å². The van der Waals surface area contributed by atoms with E-state index in [2.05, 4.69) is 10.3 Å². The number of aliphatic imine (C=N–C) groups is 1. The zero-order valence-corrected chi connectivity index (χ0v) is 18.5. The largest absolute Gasteiger partial charge is 0.494 e. The number of rotatable bonds is 6. The third-order valence-corrected chi connectivity index (χ3v) is 5.63. The number of amidine groups is 1. The highest BCUT2D eigenvalue weighted by molar-refractivity contribution is 8.18.